The van der Waals surface area contributed by atoms with E-state index in [-0.39, 0.29) is 0 Å². The maximum absolute atomic E-state index is 10.2. The molecule has 1 aliphatic heterocycles. The number of nitrogens with zero attached hydrogens (tertiary/aromatic N) is 2. The van der Waals surface area contributed by atoms with Crippen LogP contribution in [0.1, 0.15) is 30.4 Å². The Kier molecular flexibility index (Phi) is 5.53. The fourth-order valence-electron chi connectivity index (χ4n) is 4.19. The summed E-state index contributed by atoms with van der Waals surface area (Å²) in [5.41, 5.74) is 6.97. The summed E-state index contributed by atoms with van der Waals surface area (Å²) < 4.78 is 5.93. The summed E-state index contributed by atoms with van der Waals surface area (Å²) >= 11 is 0. The van der Waals surface area contributed by atoms with Gasteiger partial charge in [-0.2, -0.15) is 5.26 Å². The minimum atomic E-state index is 0.700. The first-order valence-electron chi connectivity index (χ1n) is 10.3. The first-order chi connectivity index (χ1) is 14.2. The first-order valence-corrected chi connectivity index (χ1v) is 10.3. The maximum Gasteiger partial charge on any atom is 0.135 e. The van der Waals surface area contributed by atoms with Crippen LogP contribution in [0.4, 0.5) is 5.69 Å². The molecule has 4 rings (SSSR count). The Morgan fingerprint density at radius 1 is 0.897 bits per heavy atom. The van der Waals surface area contributed by atoms with E-state index in [4.69, 9.17) is 4.74 Å². The van der Waals surface area contributed by atoms with Gasteiger partial charge in [0.15, 0.2) is 0 Å². The quantitative estimate of drug-likeness (QED) is 0.539. The highest BCUT2D eigenvalue weighted by Crippen LogP contribution is 2.46. The Labute approximate surface area is 173 Å². The van der Waals surface area contributed by atoms with Crippen LogP contribution in [0.25, 0.3) is 22.3 Å². The molecule has 0 aliphatic carbocycles. The molecule has 0 atom stereocenters. The highest BCUT2D eigenvalue weighted by molar-refractivity contribution is 5.92. The van der Waals surface area contributed by atoms with E-state index < -0.39 is 0 Å². The van der Waals surface area contributed by atoms with Crippen LogP contribution in [-0.4, -0.2) is 20.2 Å². The van der Waals surface area contributed by atoms with E-state index in [2.05, 4.69) is 60.4 Å². The van der Waals surface area contributed by atoms with Crippen molar-refractivity contribution < 1.29 is 4.74 Å². The van der Waals surface area contributed by atoms with Crippen LogP contribution in [0.2, 0.25) is 0 Å². The second-order valence-electron chi connectivity index (χ2n) is 7.62. The number of hydrogen-bond donors (Lipinski definition) is 0. The minimum absolute atomic E-state index is 0.700. The SMILES string of the molecule is COc1c(-c2ccc(C)cc2)cc(N2CCCCC2)c(C#N)c1-c1ccccc1. The van der Waals surface area contributed by atoms with Crippen molar-refractivity contribution in [2.24, 2.45) is 0 Å². The van der Waals surface area contributed by atoms with Crippen LogP contribution < -0.4 is 9.64 Å². The number of nitriles is 1. The third-order valence-electron chi connectivity index (χ3n) is 5.70. The van der Waals surface area contributed by atoms with Crippen molar-refractivity contribution in [3.63, 3.8) is 0 Å². The van der Waals surface area contributed by atoms with Gasteiger partial charge < -0.3 is 9.64 Å². The van der Waals surface area contributed by atoms with Gasteiger partial charge in [0.25, 0.3) is 0 Å². The largest absolute Gasteiger partial charge is 0.495 e. The number of aryl methyl sites for hydroxylation is 1. The van der Waals surface area contributed by atoms with Crippen LogP contribution in [0.5, 0.6) is 5.75 Å². The van der Waals surface area contributed by atoms with Gasteiger partial charge in [0.2, 0.25) is 0 Å². The van der Waals surface area contributed by atoms with Crippen molar-refractivity contribution in [2.45, 2.75) is 26.2 Å². The zero-order valence-corrected chi connectivity index (χ0v) is 17.1. The fraction of sp³-hybridized carbons (Fsp3) is 0.269. The van der Waals surface area contributed by atoms with E-state index in [0.29, 0.717) is 5.56 Å². The molecular weight excluding hydrogens is 356 g/mol. The molecule has 0 amide bonds. The molecule has 0 N–H and O–H groups in total. The van der Waals surface area contributed by atoms with Crippen LogP contribution in [-0.2, 0) is 0 Å². The van der Waals surface area contributed by atoms with E-state index in [1.54, 1.807) is 7.11 Å². The van der Waals surface area contributed by atoms with E-state index in [1.807, 2.05) is 18.2 Å². The Morgan fingerprint density at radius 2 is 1.59 bits per heavy atom. The molecule has 0 spiro atoms. The predicted molar refractivity (Wildman–Crippen MR) is 119 cm³/mol. The second kappa shape index (κ2) is 8.41. The number of piperidine rings is 1. The number of benzene rings is 3. The Hall–Kier alpha value is -3.25. The number of anilines is 1. The van der Waals surface area contributed by atoms with E-state index in [0.717, 1.165) is 59.6 Å². The number of ether oxygens (including phenoxy) is 1. The second-order valence-corrected chi connectivity index (χ2v) is 7.62. The molecule has 3 aromatic carbocycles. The van der Waals surface area contributed by atoms with Crippen molar-refractivity contribution in [1.82, 2.24) is 0 Å². The third-order valence-corrected chi connectivity index (χ3v) is 5.70. The van der Waals surface area contributed by atoms with Crippen molar-refractivity contribution >= 4 is 5.69 Å². The van der Waals surface area contributed by atoms with Gasteiger partial charge in [-0.05, 0) is 43.4 Å². The molecular formula is C26H26N2O. The minimum Gasteiger partial charge on any atom is -0.495 e. The van der Waals surface area contributed by atoms with Gasteiger partial charge in [-0.1, -0.05) is 60.2 Å². The van der Waals surface area contributed by atoms with Gasteiger partial charge >= 0.3 is 0 Å². The summed E-state index contributed by atoms with van der Waals surface area (Å²) in [4.78, 5) is 2.37. The van der Waals surface area contributed by atoms with Crippen molar-refractivity contribution in [3.8, 4) is 34.1 Å². The molecule has 0 bridgehead atoms. The number of methoxy groups -OCH3 is 1. The molecule has 1 fully saturated rings. The van der Waals surface area contributed by atoms with E-state index >= 15 is 0 Å². The molecule has 0 saturated carbocycles. The molecule has 0 radical (unpaired) electrons. The topological polar surface area (TPSA) is 36.3 Å². The predicted octanol–water partition coefficient (Wildman–Crippen LogP) is 6.20. The molecule has 29 heavy (non-hydrogen) atoms. The molecule has 1 saturated heterocycles. The fourth-order valence-corrected chi connectivity index (χ4v) is 4.19. The monoisotopic (exact) mass is 382 g/mol. The molecule has 0 aromatic heterocycles. The van der Waals surface area contributed by atoms with Crippen molar-refractivity contribution in [3.05, 3.63) is 71.8 Å². The lowest BCUT2D eigenvalue weighted by Crippen LogP contribution is -2.30. The lowest BCUT2D eigenvalue weighted by atomic mass is 9.90. The number of hydrogen-bond acceptors (Lipinski definition) is 3. The summed E-state index contributed by atoms with van der Waals surface area (Å²) in [6, 6.07) is 23.3. The molecule has 1 aliphatic rings. The molecule has 3 nitrogen and oxygen atoms in total. The molecule has 146 valence electrons. The molecule has 1 heterocycles. The van der Waals surface area contributed by atoms with Gasteiger partial charge in [-0.15, -0.1) is 0 Å². The summed E-state index contributed by atoms with van der Waals surface area (Å²) in [7, 11) is 1.70. The summed E-state index contributed by atoms with van der Waals surface area (Å²) in [6.07, 6.45) is 3.58. The van der Waals surface area contributed by atoms with Crippen molar-refractivity contribution in [1.29, 1.82) is 5.26 Å². The smallest absolute Gasteiger partial charge is 0.135 e. The summed E-state index contributed by atoms with van der Waals surface area (Å²) in [5.74, 6) is 0.761. The molecule has 3 heteroatoms. The van der Waals surface area contributed by atoms with Crippen LogP contribution in [0.3, 0.4) is 0 Å². The molecule has 0 unspecified atom stereocenters. The van der Waals surface area contributed by atoms with E-state index in [9.17, 15) is 5.26 Å². The van der Waals surface area contributed by atoms with Gasteiger partial charge in [0.1, 0.15) is 11.8 Å². The summed E-state index contributed by atoms with van der Waals surface area (Å²) in [6.45, 7) is 4.07. The zero-order valence-electron chi connectivity index (χ0n) is 17.1. The first kappa shape index (κ1) is 19.1. The highest BCUT2D eigenvalue weighted by atomic mass is 16.5. The maximum atomic E-state index is 10.2. The third kappa shape index (κ3) is 3.71. The van der Waals surface area contributed by atoms with Crippen LogP contribution >= 0.6 is 0 Å². The Morgan fingerprint density at radius 3 is 2.21 bits per heavy atom. The Bertz CT molecular complexity index is 1030. The van der Waals surface area contributed by atoms with Gasteiger partial charge in [0.05, 0.1) is 18.4 Å². The lowest BCUT2D eigenvalue weighted by Gasteiger charge is -2.31. The van der Waals surface area contributed by atoms with Crippen LogP contribution in [0, 0.1) is 18.3 Å². The van der Waals surface area contributed by atoms with Gasteiger partial charge in [-0.25, -0.2) is 0 Å². The number of rotatable bonds is 4. The van der Waals surface area contributed by atoms with Gasteiger partial charge in [0, 0.05) is 24.2 Å². The molecule has 3 aromatic rings. The van der Waals surface area contributed by atoms with Gasteiger partial charge in [-0.3, -0.25) is 0 Å². The summed E-state index contributed by atoms with van der Waals surface area (Å²) in [5, 5.41) is 10.2. The highest BCUT2D eigenvalue weighted by Gasteiger charge is 2.24. The average molecular weight is 383 g/mol. The van der Waals surface area contributed by atoms with Crippen LogP contribution in [0.15, 0.2) is 60.7 Å². The zero-order chi connectivity index (χ0) is 20.2. The normalized spacial score (nSPS) is 13.8. The lowest BCUT2D eigenvalue weighted by molar-refractivity contribution is 0.418. The Balaban J connectivity index is 2.02. The standard InChI is InChI=1S/C26H26N2O/c1-19-11-13-20(14-12-19)22-17-24(28-15-7-4-8-16-28)23(18-27)25(26(22)29-2)21-9-5-3-6-10-21/h3,5-6,9-14,17H,4,7-8,15-16H2,1-2H3. The van der Waals surface area contributed by atoms with E-state index in [1.165, 1.54) is 12.0 Å². The average Bonchev–Trinajstić information content (AvgIpc) is 2.79. The van der Waals surface area contributed by atoms with Crippen molar-refractivity contribution in [2.75, 3.05) is 25.1 Å².